The van der Waals surface area contributed by atoms with Gasteiger partial charge in [-0.25, -0.2) is 13.8 Å². The molecule has 1 aliphatic rings. The molecule has 0 aliphatic heterocycles. The number of hydrogen-bond donors (Lipinski definition) is 1. The predicted molar refractivity (Wildman–Crippen MR) is 77.2 cm³/mol. The summed E-state index contributed by atoms with van der Waals surface area (Å²) in [6.45, 7) is 0.664. The van der Waals surface area contributed by atoms with E-state index in [1.54, 1.807) is 0 Å². The molecule has 2 aromatic rings. The van der Waals surface area contributed by atoms with E-state index in [1.807, 2.05) is 4.57 Å². The summed E-state index contributed by atoms with van der Waals surface area (Å²) < 4.78 is 28.9. The van der Waals surface area contributed by atoms with Crippen molar-refractivity contribution in [2.75, 3.05) is 6.61 Å². The third-order valence-corrected chi connectivity index (χ3v) is 4.33. The van der Waals surface area contributed by atoms with Crippen LogP contribution >= 0.6 is 0 Å². The van der Waals surface area contributed by atoms with Gasteiger partial charge in [-0.1, -0.05) is 19.3 Å². The molecule has 3 rings (SSSR count). The van der Waals surface area contributed by atoms with E-state index in [1.165, 1.54) is 31.4 Å². The molecule has 1 aromatic heterocycles. The van der Waals surface area contributed by atoms with E-state index >= 15 is 0 Å². The first-order valence-electron chi connectivity index (χ1n) is 7.66. The molecular weight excluding hydrogens is 274 g/mol. The number of aliphatic hydroxyl groups is 1. The molecule has 0 atom stereocenters. The number of aromatic nitrogens is 2. The Labute approximate surface area is 122 Å². The van der Waals surface area contributed by atoms with Crippen molar-refractivity contribution in [2.24, 2.45) is 0 Å². The van der Waals surface area contributed by atoms with Gasteiger partial charge < -0.3 is 9.67 Å². The third-order valence-electron chi connectivity index (χ3n) is 4.33. The Kier molecular flexibility index (Phi) is 4.19. The van der Waals surface area contributed by atoms with E-state index in [9.17, 15) is 8.78 Å². The van der Waals surface area contributed by atoms with Crippen molar-refractivity contribution < 1.29 is 13.9 Å². The van der Waals surface area contributed by atoms with Crippen LogP contribution in [0.15, 0.2) is 12.1 Å². The van der Waals surface area contributed by atoms with Gasteiger partial charge in [0.15, 0.2) is 11.6 Å². The van der Waals surface area contributed by atoms with E-state index in [0.717, 1.165) is 18.7 Å². The Morgan fingerprint density at radius 1 is 1.14 bits per heavy atom. The number of fused-ring (bicyclic) bond motifs is 1. The number of halogens is 2. The van der Waals surface area contributed by atoms with Crippen LogP contribution in [0.5, 0.6) is 0 Å². The van der Waals surface area contributed by atoms with Crippen molar-refractivity contribution in [3.05, 3.63) is 29.6 Å². The molecule has 0 saturated heterocycles. The quantitative estimate of drug-likeness (QED) is 0.932. The van der Waals surface area contributed by atoms with Crippen LogP contribution in [0.1, 0.15) is 50.3 Å². The van der Waals surface area contributed by atoms with Gasteiger partial charge in [0, 0.05) is 31.2 Å². The highest BCUT2D eigenvalue weighted by Gasteiger charge is 2.23. The third kappa shape index (κ3) is 2.79. The Balaban J connectivity index is 2.07. The summed E-state index contributed by atoms with van der Waals surface area (Å²) in [5, 5.41) is 9.07. The maximum Gasteiger partial charge on any atom is 0.161 e. The largest absolute Gasteiger partial charge is 0.396 e. The minimum absolute atomic E-state index is 0.0768. The predicted octanol–water partition coefficient (Wildman–Crippen LogP) is 3.74. The van der Waals surface area contributed by atoms with Gasteiger partial charge in [0.2, 0.25) is 0 Å². The lowest BCUT2D eigenvalue weighted by atomic mass is 9.88. The van der Waals surface area contributed by atoms with Gasteiger partial charge in [-0.05, 0) is 19.3 Å². The number of nitrogens with zero attached hydrogens (tertiary/aromatic N) is 2. The molecule has 0 bridgehead atoms. The lowest BCUT2D eigenvalue weighted by Gasteiger charge is -2.22. The number of benzene rings is 1. The smallest absolute Gasteiger partial charge is 0.161 e. The van der Waals surface area contributed by atoms with Crippen LogP contribution in [0.4, 0.5) is 8.78 Å². The van der Waals surface area contributed by atoms with Crippen LogP contribution in [-0.4, -0.2) is 21.3 Å². The second-order valence-electron chi connectivity index (χ2n) is 5.79. The van der Waals surface area contributed by atoms with Gasteiger partial charge in [-0.15, -0.1) is 0 Å². The lowest BCUT2D eigenvalue weighted by molar-refractivity contribution is 0.278. The van der Waals surface area contributed by atoms with Crippen molar-refractivity contribution in [1.82, 2.24) is 9.55 Å². The molecule has 1 N–H and O–H groups in total. The lowest BCUT2D eigenvalue weighted by Crippen LogP contribution is -2.13. The highest BCUT2D eigenvalue weighted by atomic mass is 19.2. The first-order chi connectivity index (χ1) is 10.2. The summed E-state index contributed by atoms with van der Waals surface area (Å²) in [7, 11) is 0. The van der Waals surface area contributed by atoms with Crippen molar-refractivity contribution >= 4 is 11.0 Å². The van der Waals surface area contributed by atoms with Crippen molar-refractivity contribution in [3.8, 4) is 0 Å². The standard InChI is InChI=1S/C16H20F2N2O/c17-12-9-14-15(10-13(12)18)20(7-4-8-21)16(19-14)11-5-2-1-3-6-11/h9-11,21H,1-8H2. The number of hydrogen-bond acceptors (Lipinski definition) is 2. The molecule has 0 radical (unpaired) electrons. The monoisotopic (exact) mass is 294 g/mol. The fourth-order valence-corrected chi connectivity index (χ4v) is 3.28. The molecule has 21 heavy (non-hydrogen) atoms. The molecular formula is C16H20F2N2O. The van der Waals surface area contributed by atoms with Crippen LogP contribution in [0.3, 0.4) is 0 Å². The van der Waals surface area contributed by atoms with Gasteiger partial charge in [0.25, 0.3) is 0 Å². The Morgan fingerprint density at radius 3 is 2.57 bits per heavy atom. The van der Waals surface area contributed by atoms with Crippen LogP contribution in [0, 0.1) is 11.6 Å². The topological polar surface area (TPSA) is 38.0 Å². The molecule has 1 heterocycles. The molecule has 0 amide bonds. The molecule has 1 fully saturated rings. The molecule has 0 unspecified atom stereocenters. The summed E-state index contributed by atoms with van der Waals surface area (Å²) >= 11 is 0. The van der Waals surface area contributed by atoms with Crippen LogP contribution in [-0.2, 0) is 6.54 Å². The van der Waals surface area contributed by atoms with Crippen LogP contribution in [0.25, 0.3) is 11.0 Å². The van der Waals surface area contributed by atoms with Crippen molar-refractivity contribution in [2.45, 2.75) is 51.0 Å². The second-order valence-corrected chi connectivity index (χ2v) is 5.79. The van der Waals surface area contributed by atoms with Crippen molar-refractivity contribution in [1.29, 1.82) is 0 Å². The second kappa shape index (κ2) is 6.10. The molecule has 0 spiro atoms. The van der Waals surface area contributed by atoms with Crippen LogP contribution < -0.4 is 0 Å². The molecule has 5 heteroatoms. The summed E-state index contributed by atoms with van der Waals surface area (Å²) in [6, 6.07) is 2.40. The van der Waals surface area contributed by atoms with Gasteiger partial charge in [0.1, 0.15) is 5.82 Å². The molecule has 3 nitrogen and oxygen atoms in total. The first kappa shape index (κ1) is 14.4. The van der Waals surface area contributed by atoms with Gasteiger partial charge in [-0.2, -0.15) is 0 Å². The molecule has 1 aliphatic carbocycles. The van der Waals surface area contributed by atoms with E-state index in [2.05, 4.69) is 4.98 Å². The summed E-state index contributed by atoms with van der Waals surface area (Å²) in [6.07, 6.45) is 6.34. The summed E-state index contributed by atoms with van der Waals surface area (Å²) in [4.78, 5) is 4.57. The zero-order valence-electron chi connectivity index (χ0n) is 12.0. The highest BCUT2D eigenvalue weighted by molar-refractivity contribution is 5.76. The summed E-state index contributed by atoms with van der Waals surface area (Å²) in [5.74, 6) is -0.425. The number of rotatable bonds is 4. The van der Waals surface area contributed by atoms with Gasteiger partial charge >= 0.3 is 0 Å². The average Bonchev–Trinajstić information content (AvgIpc) is 2.84. The fraction of sp³-hybridized carbons (Fsp3) is 0.562. The first-order valence-corrected chi connectivity index (χ1v) is 7.66. The highest BCUT2D eigenvalue weighted by Crippen LogP contribution is 2.34. The van der Waals surface area contributed by atoms with Crippen LogP contribution in [0.2, 0.25) is 0 Å². The van der Waals surface area contributed by atoms with Crippen molar-refractivity contribution in [3.63, 3.8) is 0 Å². The number of aliphatic hydroxyl groups excluding tert-OH is 1. The Hall–Kier alpha value is -1.49. The number of imidazole rings is 1. The maximum atomic E-state index is 13.5. The normalized spacial score (nSPS) is 16.7. The Bertz CT molecular complexity index is 633. The van der Waals surface area contributed by atoms with Gasteiger partial charge in [0.05, 0.1) is 11.0 Å². The average molecular weight is 294 g/mol. The maximum absolute atomic E-state index is 13.5. The minimum Gasteiger partial charge on any atom is -0.396 e. The molecule has 114 valence electrons. The zero-order valence-corrected chi connectivity index (χ0v) is 12.0. The van der Waals surface area contributed by atoms with E-state index in [4.69, 9.17) is 5.11 Å². The number of aryl methyl sites for hydroxylation is 1. The van der Waals surface area contributed by atoms with E-state index in [0.29, 0.717) is 29.9 Å². The van der Waals surface area contributed by atoms with E-state index in [-0.39, 0.29) is 6.61 Å². The Morgan fingerprint density at radius 2 is 1.86 bits per heavy atom. The van der Waals surface area contributed by atoms with E-state index < -0.39 is 11.6 Å². The summed E-state index contributed by atoms with van der Waals surface area (Å²) in [5.41, 5.74) is 1.13. The molecule has 1 aromatic carbocycles. The van der Waals surface area contributed by atoms with Gasteiger partial charge in [-0.3, -0.25) is 0 Å². The zero-order chi connectivity index (χ0) is 14.8. The molecule has 1 saturated carbocycles. The minimum atomic E-state index is -0.857. The SMILES string of the molecule is OCCCn1c(C2CCCCC2)nc2cc(F)c(F)cc21. The fourth-order valence-electron chi connectivity index (χ4n) is 3.28.